The molecule has 11 heteroatoms. The Kier molecular flexibility index (Phi) is 10.4. The molecule has 11 nitrogen and oxygen atoms in total. The molecule has 18 aliphatic carbocycles. The Hall–Kier alpha value is -2.47. The summed E-state index contributed by atoms with van der Waals surface area (Å²) < 4.78 is 12.4. The van der Waals surface area contributed by atoms with Crippen LogP contribution in [0.2, 0.25) is 0 Å². The fourth-order valence-corrected chi connectivity index (χ4v) is 30.0. The molecule has 0 aromatic carbocycles. The highest BCUT2D eigenvalue weighted by Gasteiger charge is 2.86. The Labute approximate surface area is 492 Å². The normalized spacial score (nSPS) is 63.8. The zero-order valence-electron chi connectivity index (χ0n) is 50.9. The van der Waals surface area contributed by atoms with Gasteiger partial charge in [-0.2, -0.15) is 0 Å². The van der Waals surface area contributed by atoms with Gasteiger partial charge < -0.3 is 29.9 Å². The molecule has 17 saturated carbocycles. The molecule has 2 spiro atoms. The average molecular weight is 1140 g/mol. The number of esters is 2. The molecule has 4 N–H and O–H groups in total. The van der Waals surface area contributed by atoms with Crippen molar-refractivity contribution in [2.75, 3.05) is 6.61 Å². The van der Waals surface area contributed by atoms with Crippen LogP contribution in [0.3, 0.4) is 0 Å². The molecule has 20 rings (SSSR count). The lowest BCUT2D eigenvalue weighted by Crippen LogP contribution is -2.65. The summed E-state index contributed by atoms with van der Waals surface area (Å²) >= 11 is 0. The zero-order valence-corrected chi connectivity index (χ0v) is 50.9. The van der Waals surface area contributed by atoms with Crippen LogP contribution < -0.4 is 0 Å². The molecule has 32 atom stereocenters. The van der Waals surface area contributed by atoms with E-state index in [-0.39, 0.29) is 73.8 Å². The molecule has 9 unspecified atom stereocenters. The van der Waals surface area contributed by atoms with Crippen LogP contribution in [0.5, 0.6) is 0 Å². The number of fused-ring (bicyclic) bond motifs is 34. The molecule has 0 bridgehead atoms. The Morgan fingerprint density at radius 2 is 0.916 bits per heavy atom. The van der Waals surface area contributed by atoms with Crippen molar-refractivity contribution in [2.24, 2.45) is 157 Å². The van der Waals surface area contributed by atoms with Gasteiger partial charge in [0.2, 0.25) is 0 Å². The average Bonchev–Trinajstić information content (AvgIpc) is 1.49. The first-order chi connectivity index (χ1) is 39.4. The summed E-state index contributed by atoms with van der Waals surface area (Å²) in [6.07, 6.45) is 26.3. The number of hydrogen-bond acceptors (Lipinski definition) is 11. The number of Topliss-reactive ketones (excluding diaryl/α,β-unsaturated/α-hetero) is 2. The molecule has 20 aliphatic rings. The van der Waals surface area contributed by atoms with Crippen molar-refractivity contribution in [1.29, 1.82) is 0 Å². The summed E-state index contributed by atoms with van der Waals surface area (Å²) in [5.41, 5.74) is -0.668. The molecule has 2 saturated heterocycles. The van der Waals surface area contributed by atoms with Crippen LogP contribution in [0.1, 0.15) is 208 Å². The molecule has 0 aromatic heterocycles. The predicted molar refractivity (Wildman–Crippen MR) is 305 cm³/mol. The number of allylic oxidation sites excluding steroid dienone is 1. The number of ketones is 3. The van der Waals surface area contributed by atoms with Gasteiger partial charge in [0, 0.05) is 85.0 Å². The Morgan fingerprint density at radius 1 is 0.458 bits per heavy atom. The number of hydrogen-bond donors (Lipinski definition) is 4. The second-order valence-corrected chi connectivity index (χ2v) is 35.6. The number of aliphatic hydroxyl groups is 4. The fraction of sp³-hybridized carbons (Fsp3) is 0.903. The van der Waals surface area contributed by atoms with E-state index in [0.29, 0.717) is 139 Å². The van der Waals surface area contributed by atoms with Gasteiger partial charge in [0.1, 0.15) is 22.8 Å². The van der Waals surface area contributed by atoms with E-state index in [1.807, 2.05) is 0 Å². The van der Waals surface area contributed by atoms with Gasteiger partial charge in [0.15, 0.2) is 5.78 Å². The van der Waals surface area contributed by atoms with E-state index in [2.05, 4.69) is 47.6 Å². The van der Waals surface area contributed by atoms with Crippen LogP contribution in [0.15, 0.2) is 11.6 Å². The molecule has 452 valence electrons. The van der Waals surface area contributed by atoms with Gasteiger partial charge in [-0.25, -0.2) is 0 Å². The van der Waals surface area contributed by atoms with Gasteiger partial charge in [0.05, 0.1) is 16.8 Å². The van der Waals surface area contributed by atoms with Crippen LogP contribution in [0.25, 0.3) is 0 Å². The third-order valence-electron chi connectivity index (χ3n) is 33.8. The first-order valence-corrected chi connectivity index (χ1v) is 34.9. The standard InChI is InChI=1S/C24H32O4.C24H36O4.C24H30O3/c1-21-6-3-12(25)11-23(21,27)16-9-13(16)19-15(21)4-7-22(2)20(19)14-10-17(14)24(22)8-5-18(26)28-24;1-21-7-4-13(26)12-24(21,28)17-10-14(17)19-16(21)5-8-22(2)20(19)15-11-18(15)23(22,27)6-3-9-25;1-22-6-3-12(25)9-17(22)13-10-14(13)20-16(22)4-7-23(2)21(20)15-11-18(15)24(23)8-5-19(26)27-24/h13-17,19-20,27H,3-11H2,1-2H3;14-20,25,27-28H,3-12H2,1-2H3;9,13-16,18,20-21H,3-8,10-11H2,1-2H3/t13-,14+,15?,16+,17-,19?,20?,21+,22-,23+,24-;14-,15+,16?,17+,18-,19?,20?,21+,22-,23-,24+;13-,14+,15-,16?,18+,20?,21?,22-,23+,24+/m001/s1. The van der Waals surface area contributed by atoms with Crippen molar-refractivity contribution < 1.29 is 53.9 Å². The van der Waals surface area contributed by atoms with Crippen LogP contribution in [0, 0.1) is 157 Å². The zero-order chi connectivity index (χ0) is 57.3. The smallest absolute Gasteiger partial charge is 0.306 e. The van der Waals surface area contributed by atoms with Crippen molar-refractivity contribution in [3.63, 3.8) is 0 Å². The molecule has 2 heterocycles. The van der Waals surface area contributed by atoms with E-state index in [0.717, 1.165) is 125 Å². The van der Waals surface area contributed by atoms with E-state index in [9.17, 15) is 44.4 Å². The Bertz CT molecular complexity index is 3010. The molecule has 2 aliphatic heterocycles. The maximum atomic E-state index is 12.3. The molecular weight excluding hydrogens is 1040 g/mol. The van der Waals surface area contributed by atoms with Crippen LogP contribution in [-0.4, -0.2) is 84.3 Å². The SMILES string of the molecule is C[C@]12CCC(=O)C=C1[C@@H]1C[C@@H]1C1C2CC[C@@]2(C)C1[C@@H]1C[C@@H]1[C@@]21CCC(=O)O1.C[C@]12CCC3C(C1[C@@H]1C[C@@H]1[C@@]2(O)CCCO)[C@H]1C[C@H]1[C@]1(O)CC(=O)CC[C@]31C.C[C@]12CCC3C(C1[C@@H]1C[C@@H]1[C@@]21CCC(=O)O1)[C@H]1C[C@H]1[C@]1(O)CC(=O)CC[C@]31C. The highest BCUT2D eigenvalue weighted by molar-refractivity contribution is 5.92. The largest absolute Gasteiger partial charge is 0.458 e. The van der Waals surface area contributed by atoms with Crippen molar-refractivity contribution in [3.8, 4) is 0 Å². The minimum Gasteiger partial charge on any atom is -0.458 e. The highest BCUT2D eigenvalue weighted by atomic mass is 16.6. The monoisotopic (exact) mass is 1140 g/mol. The lowest BCUT2D eigenvalue weighted by Gasteiger charge is -2.64. The van der Waals surface area contributed by atoms with E-state index < -0.39 is 16.8 Å². The molecule has 0 radical (unpaired) electrons. The second kappa shape index (κ2) is 16.1. The quantitative estimate of drug-likeness (QED) is 0.197. The summed E-state index contributed by atoms with van der Waals surface area (Å²) in [5.74, 6) is 13.9. The fourth-order valence-electron chi connectivity index (χ4n) is 30.0. The second-order valence-electron chi connectivity index (χ2n) is 35.6. The number of ether oxygens (including phenoxy) is 2. The lowest BCUT2D eigenvalue weighted by molar-refractivity contribution is -0.224. The van der Waals surface area contributed by atoms with E-state index >= 15 is 0 Å². The molecular formula is C72H98O11. The minimum atomic E-state index is -0.781. The lowest BCUT2D eigenvalue weighted by atomic mass is 9.42. The van der Waals surface area contributed by atoms with Gasteiger partial charge in [-0.15, -0.1) is 0 Å². The first kappa shape index (κ1) is 53.5. The number of aliphatic hydroxyl groups excluding tert-OH is 1. The predicted octanol–water partition coefficient (Wildman–Crippen LogP) is 10.7. The van der Waals surface area contributed by atoms with Gasteiger partial charge in [-0.05, 0) is 251 Å². The van der Waals surface area contributed by atoms with Crippen LogP contribution in [-0.2, 0) is 33.4 Å². The van der Waals surface area contributed by atoms with Crippen molar-refractivity contribution in [2.45, 2.75) is 236 Å². The third kappa shape index (κ3) is 6.12. The highest BCUT2D eigenvalue weighted by Crippen LogP contribution is 2.86. The molecule has 83 heavy (non-hydrogen) atoms. The number of rotatable bonds is 3. The minimum absolute atomic E-state index is 0.0229. The van der Waals surface area contributed by atoms with Gasteiger partial charge in [-0.1, -0.05) is 47.1 Å². The Balaban J connectivity index is 0.0000000951. The van der Waals surface area contributed by atoms with Crippen molar-refractivity contribution in [1.82, 2.24) is 0 Å². The van der Waals surface area contributed by atoms with E-state index in [1.54, 1.807) is 0 Å². The van der Waals surface area contributed by atoms with Crippen molar-refractivity contribution >= 4 is 29.3 Å². The number of carbonyl (C=O) groups excluding carboxylic acids is 5. The summed E-state index contributed by atoms with van der Waals surface area (Å²) in [4.78, 5) is 61.0. The number of carbonyl (C=O) groups is 5. The van der Waals surface area contributed by atoms with E-state index in [4.69, 9.17) is 9.47 Å². The first-order valence-electron chi connectivity index (χ1n) is 34.9. The Morgan fingerprint density at radius 3 is 1.42 bits per heavy atom. The summed E-state index contributed by atoms with van der Waals surface area (Å²) in [5, 5.41) is 44.8. The molecule has 19 fully saturated rings. The maximum absolute atomic E-state index is 12.3. The third-order valence-corrected chi connectivity index (χ3v) is 33.8. The van der Waals surface area contributed by atoms with Crippen LogP contribution in [0.4, 0.5) is 0 Å². The summed E-state index contributed by atoms with van der Waals surface area (Å²) in [7, 11) is 0. The summed E-state index contributed by atoms with van der Waals surface area (Å²) in [6, 6.07) is 0. The van der Waals surface area contributed by atoms with Gasteiger partial charge >= 0.3 is 11.9 Å². The molecule has 0 amide bonds. The van der Waals surface area contributed by atoms with Gasteiger partial charge in [0.25, 0.3) is 0 Å². The molecule has 0 aromatic rings. The van der Waals surface area contributed by atoms with Gasteiger partial charge in [-0.3, -0.25) is 24.0 Å². The van der Waals surface area contributed by atoms with E-state index in [1.165, 1.54) is 37.7 Å². The van der Waals surface area contributed by atoms with Crippen LogP contribution >= 0.6 is 0 Å². The summed E-state index contributed by atoms with van der Waals surface area (Å²) in [6.45, 7) is 14.6. The van der Waals surface area contributed by atoms with Crippen molar-refractivity contribution in [3.05, 3.63) is 11.6 Å². The topological polar surface area (TPSA) is 185 Å². The maximum Gasteiger partial charge on any atom is 0.306 e.